The van der Waals surface area contributed by atoms with E-state index < -0.39 is 27.3 Å². The number of aromatic nitrogens is 3. The monoisotopic (exact) mass is 516 g/mol. The molecule has 6 nitrogen and oxygen atoms in total. The Kier molecular flexibility index (Phi) is 6.30. The fraction of sp³-hybridized carbons (Fsp3) is 0.200. The number of hydrogen-bond donors (Lipinski definition) is 1. The van der Waals surface area contributed by atoms with E-state index in [1.807, 2.05) is 25.1 Å². The molecule has 0 aliphatic carbocycles. The third kappa shape index (κ3) is 4.86. The lowest BCUT2D eigenvalue weighted by molar-refractivity contribution is 0.301. The number of anilines is 2. The minimum Gasteiger partial charge on any atom is -0.487 e. The minimum atomic E-state index is -5.66. The molecule has 3 aromatic carbocycles. The van der Waals surface area contributed by atoms with Gasteiger partial charge in [0.15, 0.2) is 6.80 Å². The van der Waals surface area contributed by atoms with Crippen LogP contribution in [0.5, 0.6) is 5.75 Å². The molecule has 2 N–H and O–H groups in total. The third-order valence-corrected chi connectivity index (χ3v) is 6.66. The van der Waals surface area contributed by atoms with Crippen molar-refractivity contribution in [3.05, 3.63) is 89.2 Å². The second kappa shape index (κ2) is 9.43. The Morgan fingerprint density at radius 1 is 1.00 bits per heavy atom. The van der Waals surface area contributed by atoms with Gasteiger partial charge in [0, 0.05) is 29.5 Å². The maximum atomic E-state index is 13.9. The summed E-state index contributed by atoms with van der Waals surface area (Å²) in [5.41, 5.74) is 11.5. The summed E-state index contributed by atoms with van der Waals surface area (Å²) >= 11 is 0. The van der Waals surface area contributed by atoms with Gasteiger partial charge in [-0.15, -0.1) is 5.10 Å². The number of halogens is 4. The molecule has 0 fully saturated rings. The van der Waals surface area contributed by atoms with Gasteiger partial charge in [-0.05, 0) is 59.5 Å². The highest BCUT2D eigenvalue weighted by atomic mass is 31.3. The SMILES string of the molecule is Cc1ccc2c(c1)N(C[P+](F)(F)F)C(c1ccc(OCc3cn(CF)nn3)cc1)c1cc(N)ccc1-2. The average Bonchev–Trinajstić information content (AvgIpc) is 3.31. The van der Waals surface area contributed by atoms with Crippen LogP contribution in [0.4, 0.5) is 28.4 Å². The van der Waals surface area contributed by atoms with E-state index in [-0.39, 0.29) is 6.61 Å². The molecule has 36 heavy (non-hydrogen) atoms. The summed E-state index contributed by atoms with van der Waals surface area (Å²) < 4.78 is 61.2. The summed E-state index contributed by atoms with van der Waals surface area (Å²) in [6.07, 6.45) is 0.431. The van der Waals surface area contributed by atoms with Crippen molar-refractivity contribution >= 4 is 19.6 Å². The highest BCUT2D eigenvalue weighted by Crippen LogP contribution is 2.66. The number of nitrogens with two attached hydrogens (primary N) is 1. The third-order valence-electron chi connectivity index (χ3n) is 6.04. The smallest absolute Gasteiger partial charge is 0.487 e. The van der Waals surface area contributed by atoms with Gasteiger partial charge < -0.3 is 15.4 Å². The van der Waals surface area contributed by atoms with Gasteiger partial charge in [0.1, 0.15) is 18.1 Å². The van der Waals surface area contributed by atoms with Gasteiger partial charge in [-0.2, -0.15) is 0 Å². The zero-order chi connectivity index (χ0) is 25.4. The summed E-state index contributed by atoms with van der Waals surface area (Å²) in [6, 6.07) is 17.2. The van der Waals surface area contributed by atoms with Crippen LogP contribution >= 0.6 is 8.19 Å². The summed E-state index contributed by atoms with van der Waals surface area (Å²) in [6.45, 7) is 1.17. The Morgan fingerprint density at radius 3 is 2.44 bits per heavy atom. The first-order chi connectivity index (χ1) is 17.2. The first kappa shape index (κ1) is 24.1. The van der Waals surface area contributed by atoms with Crippen LogP contribution < -0.4 is 15.4 Å². The van der Waals surface area contributed by atoms with Crippen molar-refractivity contribution in [2.75, 3.05) is 16.9 Å². The van der Waals surface area contributed by atoms with E-state index in [9.17, 15) is 17.0 Å². The molecule has 4 aromatic rings. The molecule has 5 rings (SSSR count). The van der Waals surface area contributed by atoms with Crippen molar-refractivity contribution in [3.8, 4) is 16.9 Å². The molecular formula is C25H23F4N5OP+. The molecule has 0 saturated carbocycles. The molecule has 1 unspecified atom stereocenters. The van der Waals surface area contributed by atoms with E-state index in [4.69, 9.17) is 10.5 Å². The molecule has 0 saturated heterocycles. The van der Waals surface area contributed by atoms with E-state index in [1.165, 1.54) is 11.1 Å². The molecule has 1 aromatic heterocycles. The first-order valence-corrected chi connectivity index (χ1v) is 12.8. The molecule has 186 valence electrons. The van der Waals surface area contributed by atoms with E-state index in [2.05, 4.69) is 10.3 Å². The molecule has 11 heteroatoms. The standard InChI is InChI=1S/C25H23F4N5OP/c1-16-2-8-22-21-9-5-18(30)11-23(21)25(34(24(22)10-16)15-36(27,28)29)17-3-6-20(7-4-17)35-13-19-12-33(14-26)32-31-19/h2-12,25H,13-15,30H2,1H3/q+1. The van der Waals surface area contributed by atoms with Gasteiger partial charge >= 0.3 is 8.19 Å². The van der Waals surface area contributed by atoms with Gasteiger partial charge in [-0.25, -0.2) is 9.07 Å². The number of benzene rings is 3. The summed E-state index contributed by atoms with van der Waals surface area (Å²) in [5.74, 6) is 0.503. The van der Waals surface area contributed by atoms with Crippen LogP contribution in [0, 0.1) is 6.92 Å². The van der Waals surface area contributed by atoms with E-state index >= 15 is 0 Å². The maximum Gasteiger partial charge on any atom is 0.588 e. The second-order valence-electron chi connectivity index (χ2n) is 8.66. The predicted octanol–water partition coefficient (Wildman–Crippen LogP) is 6.88. The number of hydrogen-bond acceptors (Lipinski definition) is 5. The summed E-state index contributed by atoms with van der Waals surface area (Å²) in [5, 5.41) is 7.44. The fourth-order valence-corrected chi connectivity index (χ4v) is 5.18. The largest absolute Gasteiger partial charge is 0.588 e. The number of alkyl halides is 1. The Bertz CT molecular complexity index is 1390. The van der Waals surface area contributed by atoms with Crippen molar-refractivity contribution in [2.24, 2.45) is 0 Å². The van der Waals surface area contributed by atoms with Crippen molar-refractivity contribution < 1.29 is 21.7 Å². The summed E-state index contributed by atoms with van der Waals surface area (Å²) in [7, 11) is -5.66. The number of fused-ring (bicyclic) bond motifs is 3. The topological polar surface area (TPSA) is 69.2 Å². The number of ether oxygens (including phenoxy) is 1. The van der Waals surface area contributed by atoms with Gasteiger partial charge in [0.05, 0.1) is 12.2 Å². The minimum absolute atomic E-state index is 0.0828. The van der Waals surface area contributed by atoms with Gasteiger partial charge in [0.25, 0.3) is 0 Å². The molecule has 0 amide bonds. The lowest BCUT2D eigenvalue weighted by Gasteiger charge is -2.39. The molecule has 0 bridgehead atoms. The van der Waals surface area contributed by atoms with E-state index in [0.717, 1.165) is 26.9 Å². The Hall–Kier alpha value is -3.65. The van der Waals surface area contributed by atoms with Crippen LogP contribution in [0.1, 0.15) is 28.4 Å². The molecule has 2 heterocycles. The highest BCUT2D eigenvalue weighted by Gasteiger charge is 2.49. The lowest BCUT2D eigenvalue weighted by Crippen LogP contribution is -2.33. The van der Waals surface area contributed by atoms with Crippen molar-refractivity contribution in [3.63, 3.8) is 0 Å². The zero-order valence-electron chi connectivity index (χ0n) is 19.3. The van der Waals surface area contributed by atoms with Crippen molar-refractivity contribution in [1.82, 2.24) is 15.0 Å². The van der Waals surface area contributed by atoms with Crippen LogP contribution in [0.3, 0.4) is 0 Å². The first-order valence-electron chi connectivity index (χ1n) is 11.1. The molecule has 1 aliphatic heterocycles. The maximum absolute atomic E-state index is 13.9. The van der Waals surface area contributed by atoms with Crippen molar-refractivity contribution in [2.45, 2.75) is 26.4 Å². The normalized spacial score (nSPS) is 14.9. The molecule has 1 aliphatic rings. The van der Waals surface area contributed by atoms with Crippen molar-refractivity contribution in [1.29, 1.82) is 0 Å². The van der Waals surface area contributed by atoms with Gasteiger partial charge in [-0.1, -0.05) is 35.5 Å². The molecule has 0 radical (unpaired) electrons. The van der Waals surface area contributed by atoms with E-state index in [1.54, 1.807) is 42.5 Å². The average molecular weight is 516 g/mol. The quantitative estimate of drug-likeness (QED) is 0.165. The predicted molar refractivity (Wildman–Crippen MR) is 132 cm³/mol. The fourth-order valence-electron chi connectivity index (χ4n) is 4.52. The molecular weight excluding hydrogens is 493 g/mol. The van der Waals surface area contributed by atoms with Crippen LogP contribution in [0.25, 0.3) is 11.1 Å². The van der Waals surface area contributed by atoms with Crippen LogP contribution in [-0.2, 0) is 13.4 Å². The molecule has 0 spiro atoms. The second-order valence-corrected chi connectivity index (χ2v) is 10.0. The highest BCUT2D eigenvalue weighted by molar-refractivity contribution is 7.60. The van der Waals surface area contributed by atoms with Gasteiger partial charge in [-0.3, -0.25) is 0 Å². The lowest BCUT2D eigenvalue weighted by atomic mass is 9.84. The number of aryl methyl sites for hydroxylation is 1. The summed E-state index contributed by atoms with van der Waals surface area (Å²) in [4.78, 5) is 1.43. The number of nitrogens with zero attached hydrogens (tertiary/aromatic N) is 4. The van der Waals surface area contributed by atoms with E-state index in [0.29, 0.717) is 28.4 Å². The van der Waals surface area contributed by atoms with Crippen LogP contribution in [-0.4, -0.2) is 21.3 Å². The Balaban J connectivity index is 1.52. The van der Waals surface area contributed by atoms with Crippen LogP contribution in [0.2, 0.25) is 0 Å². The molecule has 1 atom stereocenters. The number of nitrogen functional groups attached to an aromatic ring is 1. The number of rotatable bonds is 7. The zero-order valence-corrected chi connectivity index (χ0v) is 20.2. The van der Waals surface area contributed by atoms with Crippen LogP contribution in [0.15, 0.2) is 66.9 Å². The Morgan fingerprint density at radius 2 is 1.75 bits per heavy atom. The van der Waals surface area contributed by atoms with Gasteiger partial charge in [0.2, 0.25) is 6.29 Å². The Labute approximate surface area is 206 Å².